The Morgan fingerprint density at radius 1 is 0.824 bits per heavy atom. The molecule has 1 unspecified atom stereocenters. The molecule has 3 aromatic carbocycles. The third-order valence-electron chi connectivity index (χ3n) is 7.10. The number of likely N-dealkylation sites (tertiary alicyclic amines) is 1. The lowest BCUT2D eigenvalue weighted by atomic mass is 9.90. The van der Waals surface area contributed by atoms with Crippen molar-refractivity contribution in [1.29, 1.82) is 0 Å². The fourth-order valence-corrected chi connectivity index (χ4v) is 9.71. The van der Waals surface area contributed by atoms with Gasteiger partial charge in [-0.2, -0.15) is 0 Å². The Morgan fingerprint density at radius 2 is 1.47 bits per heavy atom. The van der Waals surface area contributed by atoms with Crippen LogP contribution in [0.2, 0.25) is 0 Å². The van der Waals surface area contributed by atoms with E-state index in [0.29, 0.717) is 18.0 Å². The van der Waals surface area contributed by atoms with Gasteiger partial charge in [0, 0.05) is 6.54 Å². The third kappa shape index (κ3) is 4.57. The third-order valence-corrected chi connectivity index (χ3v) is 11.2. The largest absolute Gasteiger partial charge is 0.299 e. The summed E-state index contributed by atoms with van der Waals surface area (Å²) in [7, 11) is -7.48. The predicted molar refractivity (Wildman–Crippen MR) is 133 cm³/mol. The maximum Gasteiger partial charge on any atom is 0.186 e. The van der Waals surface area contributed by atoms with Gasteiger partial charge in [0.15, 0.2) is 19.7 Å². The minimum Gasteiger partial charge on any atom is -0.299 e. The first kappa shape index (κ1) is 23.3. The van der Waals surface area contributed by atoms with Crippen LogP contribution < -0.4 is 0 Å². The summed E-state index contributed by atoms with van der Waals surface area (Å²) >= 11 is 0. The number of sulfone groups is 2. The van der Waals surface area contributed by atoms with E-state index in [-0.39, 0.29) is 9.79 Å². The van der Waals surface area contributed by atoms with E-state index >= 15 is 0 Å². The molecule has 2 heterocycles. The van der Waals surface area contributed by atoms with Gasteiger partial charge in [0.05, 0.1) is 15.5 Å². The molecule has 0 amide bonds. The molecule has 34 heavy (non-hydrogen) atoms. The van der Waals surface area contributed by atoms with Crippen LogP contribution in [0, 0.1) is 5.92 Å². The van der Waals surface area contributed by atoms with Crippen molar-refractivity contribution in [3.05, 3.63) is 95.6 Å². The molecule has 2 aliphatic rings. The van der Waals surface area contributed by atoms with Gasteiger partial charge in [0.1, 0.15) is 5.25 Å². The second-order valence-electron chi connectivity index (χ2n) is 9.37. The van der Waals surface area contributed by atoms with E-state index in [9.17, 15) is 16.8 Å². The average molecular weight is 496 g/mol. The van der Waals surface area contributed by atoms with E-state index in [0.717, 1.165) is 37.9 Å². The smallest absolute Gasteiger partial charge is 0.186 e. The average Bonchev–Trinajstić information content (AvgIpc) is 3.14. The van der Waals surface area contributed by atoms with Gasteiger partial charge < -0.3 is 0 Å². The summed E-state index contributed by atoms with van der Waals surface area (Å²) in [5.41, 5.74) is 2.64. The fraction of sp³-hybridized carbons (Fsp3) is 0.333. The van der Waals surface area contributed by atoms with Crippen LogP contribution in [0.5, 0.6) is 0 Å². The predicted octanol–water partition coefficient (Wildman–Crippen LogP) is 4.44. The van der Waals surface area contributed by atoms with Crippen LogP contribution in [0.4, 0.5) is 0 Å². The summed E-state index contributed by atoms with van der Waals surface area (Å²) in [6.45, 7) is 2.41. The highest BCUT2D eigenvalue weighted by Gasteiger charge is 2.44. The molecule has 1 atom stereocenters. The zero-order chi connectivity index (χ0) is 23.8. The molecule has 0 aromatic heterocycles. The van der Waals surface area contributed by atoms with E-state index in [4.69, 9.17) is 0 Å². The van der Waals surface area contributed by atoms with E-state index < -0.39 is 30.7 Å². The van der Waals surface area contributed by atoms with Crippen LogP contribution in [-0.4, -0.2) is 40.6 Å². The Hall–Kier alpha value is -2.48. The molecule has 5 rings (SSSR count). The zero-order valence-electron chi connectivity index (χ0n) is 19.0. The highest BCUT2D eigenvalue weighted by atomic mass is 32.2. The van der Waals surface area contributed by atoms with Gasteiger partial charge in [-0.05, 0) is 73.2 Å². The highest BCUT2D eigenvalue weighted by Crippen LogP contribution is 2.43. The first-order valence-electron chi connectivity index (χ1n) is 11.7. The lowest BCUT2D eigenvalue weighted by Crippen LogP contribution is -2.34. The lowest BCUT2D eigenvalue weighted by molar-refractivity contribution is 0.176. The molecule has 0 aliphatic carbocycles. The summed E-state index contributed by atoms with van der Waals surface area (Å²) in [6, 6.07) is 23.9. The van der Waals surface area contributed by atoms with Crippen molar-refractivity contribution < 1.29 is 16.8 Å². The maximum absolute atomic E-state index is 13.5. The molecule has 3 aromatic rings. The van der Waals surface area contributed by atoms with E-state index in [1.54, 1.807) is 42.5 Å². The van der Waals surface area contributed by atoms with Crippen LogP contribution in [-0.2, 0) is 32.6 Å². The monoisotopic (exact) mass is 495 g/mol. The number of hydrogen-bond donors (Lipinski definition) is 0. The quantitative estimate of drug-likeness (QED) is 0.506. The summed E-state index contributed by atoms with van der Waals surface area (Å²) in [6.07, 6.45) is 3.23. The molecular weight excluding hydrogens is 466 g/mol. The van der Waals surface area contributed by atoms with E-state index in [1.807, 2.05) is 12.1 Å². The Balaban J connectivity index is 1.37. The SMILES string of the molecule is O=S1(=O)CC(S(=O)(=O)c2ccccc2)c2c(CN3CCC(Cc4ccccc4)CC3)cccc21. The molecule has 0 saturated carbocycles. The van der Waals surface area contributed by atoms with Crippen molar-refractivity contribution in [3.8, 4) is 0 Å². The first-order valence-corrected chi connectivity index (χ1v) is 14.9. The normalized spacial score (nSPS) is 20.8. The molecular formula is C27H29NO4S2. The Bertz CT molecular complexity index is 1360. The van der Waals surface area contributed by atoms with Crippen molar-refractivity contribution in [2.24, 2.45) is 5.92 Å². The lowest BCUT2D eigenvalue weighted by Gasteiger charge is -2.32. The van der Waals surface area contributed by atoms with Gasteiger partial charge in [-0.3, -0.25) is 4.90 Å². The molecule has 2 aliphatic heterocycles. The minimum atomic E-state index is -3.83. The molecule has 1 fully saturated rings. The Labute approximate surface area is 202 Å². The molecule has 5 nitrogen and oxygen atoms in total. The van der Waals surface area contributed by atoms with E-state index in [2.05, 4.69) is 29.2 Å². The molecule has 0 radical (unpaired) electrons. The van der Waals surface area contributed by atoms with Gasteiger partial charge >= 0.3 is 0 Å². The van der Waals surface area contributed by atoms with Crippen molar-refractivity contribution in [2.75, 3.05) is 18.8 Å². The number of rotatable bonds is 6. The van der Waals surface area contributed by atoms with Crippen molar-refractivity contribution in [3.63, 3.8) is 0 Å². The Morgan fingerprint density at radius 3 is 2.15 bits per heavy atom. The number of fused-ring (bicyclic) bond motifs is 1. The molecule has 0 spiro atoms. The van der Waals surface area contributed by atoms with Crippen molar-refractivity contribution in [1.82, 2.24) is 4.90 Å². The van der Waals surface area contributed by atoms with Gasteiger partial charge in [0.25, 0.3) is 0 Å². The van der Waals surface area contributed by atoms with Crippen LogP contribution in [0.3, 0.4) is 0 Å². The van der Waals surface area contributed by atoms with Crippen LogP contribution in [0.25, 0.3) is 0 Å². The number of hydrogen-bond acceptors (Lipinski definition) is 5. The van der Waals surface area contributed by atoms with Crippen LogP contribution >= 0.6 is 0 Å². The second kappa shape index (κ2) is 9.29. The standard InChI is InChI=1S/C27H29NO4S2/c29-33(30)20-26(34(31,32)24-11-5-2-6-12-24)27-23(10-7-13-25(27)33)19-28-16-14-22(15-17-28)18-21-8-3-1-4-9-21/h1-13,22,26H,14-20H2. The first-order chi connectivity index (χ1) is 16.3. The molecule has 0 bridgehead atoms. The van der Waals surface area contributed by atoms with Gasteiger partial charge in [-0.25, -0.2) is 16.8 Å². The van der Waals surface area contributed by atoms with Gasteiger partial charge in [0.2, 0.25) is 0 Å². The van der Waals surface area contributed by atoms with E-state index in [1.165, 1.54) is 5.56 Å². The van der Waals surface area contributed by atoms with Crippen molar-refractivity contribution >= 4 is 19.7 Å². The summed E-state index contributed by atoms with van der Waals surface area (Å²) in [5, 5.41) is -1.07. The van der Waals surface area contributed by atoms with Crippen LogP contribution in [0.15, 0.2) is 88.7 Å². The zero-order valence-corrected chi connectivity index (χ0v) is 20.6. The molecule has 178 valence electrons. The van der Waals surface area contributed by atoms with Crippen LogP contribution in [0.1, 0.15) is 34.8 Å². The summed E-state index contributed by atoms with van der Waals surface area (Å²) in [4.78, 5) is 2.67. The minimum absolute atomic E-state index is 0.166. The second-order valence-corrected chi connectivity index (χ2v) is 13.5. The maximum atomic E-state index is 13.5. The summed E-state index contributed by atoms with van der Waals surface area (Å²) in [5.74, 6) is 0.238. The topological polar surface area (TPSA) is 71.5 Å². The molecule has 0 N–H and O–H groups in total. The number of piperidine rings is 1. The fourth-order valence-electron chi connectivity index (χ4n) is 5.29. The summed E-state index contributed by atoms with van der Waals surface area (Å²) < 4.78 is 52.8. The molecule has 1 saturated heterocycles. The number of nitrogens with zero attached hydrogens (tertiary/aromatic N) is 1. The molecule has 7 heteroatoms. The van der Waals surface area contributed by atoms with Gasteiger partial charge in [-0.15, -0.1) is 0 Å². The van der Waals surface area contributed by atoms with Crippen molar-refractivity contribution in [2.45, 2.75) is 40.8 Å². The Kier molecular flexibility index (Phi) is 6.35. The number of benzene rings is 3. The highest BCUT2D eigenvalue weighted by molar-refractivity contribution is 7.96. The van der Waals surface area contributed by atoms with Gasteiger partial charge in [-0.1, -0.05) is 60.7 Å².